The monoisotopic (exact) mass is 530 g/mol. The van der Waals surface area contributed by atoms with Crippen LogP contribution in [0.1, 0.15) is 66.2 Å². The Kier molecular flexibility index (Phi) is 20.2. The van der Waals surface area contributed by atoms with Gasteiger partial charge in [-0.15, -0.1) is 0 Å². The fourth-order valence-corrected chi connectivity index (χ4v) is 4.08. The molecule has 0 aromatic carbocycles. The zero-order valence-electron chi connectivity index (χ0n) is 18.0. The Balaban J connectivity index is -0.000000333. The van der Waals surface area contributed by atoms with Gasteiger partial charge in [-0.05, 0) is 49.4 Å². The van der Waals surface area contributed by atoms with Gasteiger partial charge in [0.15, 0.2) is 0 Å². The number of hydrogen-bond donors (Lipinski definition) is 3. The van der Waals surface area contributed by atoms with Crippen LogP contribution in [0.2, 0.25) is 0 Å². The van der Waals surface area contributed by atoms with E-state index < -0.39 is 25.7 Å². The Hall–Kier alpha value is 1.12. The van der Waals surface area contributed by atoms with Crippen molar-refractivity contribution in [2.45, 2.75) is 71.8 Å². The molecule has 0 saturated heterocycles. The minimum Gasteiger partial charge on any atom is -0.400 e. The fourth-order valence-electron chi connectivity index (χ4n) is 4.08. The first-order valence-electron chi connectivity index (χ1n) is 9.15. The Morgan fingerprint density at radius 1 is 0.893 bits per heavy atom. The van der Waals surface area contributed by atoms with Crippen LogP contribution in [0.5, 0.6) is 0 Å². The van der Waals surface area contributed by atoms with E-state index in [1.165, 1.54) is 12.8 Å². The molecular weight excluding hydrogens is 494 g/mol. The minimum atomic E-state index is -5.94. The first-order chi connectivity index (χ1) is 12.2. The zero-order chi connectivity index (χ0) is 21.8. The molecule has 2 saturated carbocycles. The van der Waals surface area contributed by atoms with Gasteiger partial charge in [-0.2, -0.15) is 0 Å². The van der Waals surface area contributed by atoms with Crippen molar-refractivity contribution in [1.82, 2.24) is 0 Å². The summed E-state index contributed by atoms with van der Waals surface area (Å²) in [4.78, 5) is 10.9. The third kappa shape index (κ3) is 20.4. The number of aliphatic hydroxyl groups excluding tert-OH is 2. The van der Waals surface area contributed by atoms with Gasteiger partial charge in [0.05, 0.1) is 12.2 Å². The van der Waals surface area contributed by atoms with Crippen molar-refractivity contribution in [3.05, 3.63) is 0 Å². The van der Waals surface area contributed by atoms with Gasteiger partial charge in [0.1, 0.15) is 25.9 Å². The van der Waals surface area contributed by atoms with Crippen LogP contribution in [0.3, 0.4) is 0 Å². The first kappa shape index (κ1) is 33.8. The normalized spacial score (nSPS) is 32.2. The third-order valence-electron chi connectivity index (χ3n) is 4.51. The maximum Gasteiger partial charge on any atom is 1.00 e. The second-order valence-corrected chi connectivity index (χ2v) is 10.2. The number of carbonyl (C=O) groups excluding carboxylic acids is 1. The van der Waals surface area contributed by atoms with Crippen LogP contribution in [0.25, 0.3) is 0 Å². The number of aliphatic hydroxyl groups is 3. The summed E-state index contributed by atoms with van der Waals surface area (Å²) < 4.78 is 34.5. The number of carbonyl (C=O) groups is 1. The molecule has 0 heterocycles. The zero-order valence-corrected chi connectivity index (χ0v) is 22.2. The average molecular weight is 530 g/mol. The number of Topliss-reactive ketones (excluding diaryl/α,β-unsaturated/α-hetero) is 1. The molecule has 2 aliphatic carbocycles. The summed E-state index contributed by atoms with van der Waals surface area (Å²) in [6.45, 7) is 8.51. The molecule has 3 N–H and O–H groups in total. The maximum absolute atomic E-state index is 10.9. The van der Waals surface area contributed by atoms with Gasteiger partial charge in [0.2, 0.25) is 0 Å². The van der Waals surface area contributed by atoms with Crippen LogP contribution in [0.15, 0.2) is 0 Å². The number of halogens is 1. The molecule has 0 amide bonds. The molecule has 28 heavy (non-hydrogen) atoms. The molecule has 0 radical (unpaired) electrons. The predicted octanol–water partition coefficient (Wildman–Crippen LogP) is -7.96. The van der Waals surface area contributed by atoms with E-state index in [2.05, 4.69) is 27.7 Å². The van der Waals surface area contributed by atoms with Gasteiger partial charge >= 0.3 is 29.6 Å². The van der Waals surface area contributed by atoms with Crippen molar-refractivity contribution in [3.63, 3.8) is 0 Å². The van der Waals surface area contributed by atoms with Gasteiger partial charge in [-0.1, -0.05) is 27.7 Å². The molecule has 0 aliphatic heterocycles. The third-order valence-corrected chi connectivity index (χ3v) is 4.51. The van der Waals surface area contributed by atoms with Gasteiger partial charge in [-0.25, -0.2) is 0 Å². The summed E-state index contributed by atoms with van der Waals surface area (Å²) >= 11 is -5.94. The second kappa shape index (κ2) is 16.8. The Labute approximate surface area is 197 Å². The van der Waals surface area contributed by atoms with E-state index in [-0.39, 0.29) is 36.2 Å². The quantitative estimate of drug-likeness (QED) is 0.222. The van der Waals surface area contributed by atoms with E-state index in [4.69, 9.17) is 24.0 Å². The molecule has 8 nitrogen and oxygen atoms in total. The standard InChI is InChI=1S/C9H18O2.C8H14O.CH4O.IO4.Na/c1-7-3-8(2)5-9(11,4-7)6-10;1-6-3-7(2)5-8(9)4-6;1-2;2-1(3,4)5;/h7-8,10-11H,3-6H2,1-2H3;6-7H,3-5H2,1-2H3;2H,1H3;;/q;;;-1;+1/t7-,8+,9?;6-,7+;;;. The summed E-state index contributed by atoms with van der Waals surface area (Å²) in [5.41, 5.74) is -0.781. The average Bonchev–Trinajstić information content (AvgIpc) is 2.45. The molecule has 5 atom stereocenters. The molecule has 10 heteroatoms. The van der Waals surface area contributed by atoms with E-state index >= 15 is 0 Å². The van der Waals surface area contributed by atoms with E-state index in [9.17, 15) is 9.90 Å². The first-order valence-corrected chi connectivity index (χ1v) is 12.7. The molecule has 2 fully saturated rings. The van der Waals surface area contributed by atoms with Crippen molar-refractivity contribution in [2.75, 3.05) is 13.7 Å². The molecule has 0 spiro atoms. The van der Waals surface area contributed by atoms with E-state index in [0.717, 1.165) is 32.8 Å². The van der Waals surface area contributed by atoms with Gasteiger partial charge in [-0.3, -0.25) is 18.5 Å². The smallest absolute Gasteiger partial charge is 0.400 e. The van der Waals surface area contributed by atoms with Crippen molar-refractivity contribution in [2.24, 2.45) is 23.7 Å². The molecule has 1 unspecified atom stereocenters. The number of ketones is 1. The molecule has 164 valence electrons. The topological polar surface area (TPSA) is 170 Å². The summed E-state index contributed by atoms with van der Waals surface area (Å²) in [7, 11) is 1.00. The van der Waals surface area contributed by atoms with Crippen LogP contribution in [-0.2, 0) is 4.79 Å². The van der Waals surface area contributed by atoms with Crippen molar-refractivity contribution >= 4 is 5.78 Å². The van der Waals surface area contributed by atoms with Crippen molar-refractivity contribution in [1.29, 1.82) is 0 Å². The predicted molar refractivity (Wildman–Crippen MR) is 89.5 cm³/mol. The fraction of sp³-hybridized carbons (Fsp3) is 0.944. The van der Waals surface area contributed by atoms with Gasteiger partial charge in [0, 0.05) is 20.0 Å². The number of hydrogen-bond acceptors (Lipinski definition) is 8. The van der Waals surface area contributed by atoms with E-state index in [1.807, 2.05) is 0 Å². The van der Waals surface area contributed by atoms with Gasteiger partial charge < -0.3 is 15.3 Å². The summed E-state index contributed by atoms with van der Waals surface area (Å²) in [5, 5.41) is 25.7. The molecular formula is C18H36INaO8. The van der Waals surface area contributed by atoms with Crippen molar-refractivity contribution in [3.8, 4) is 0 Å². The largest absolute Gasteiger partial charge is 1.00 e. The number of rotatable bonds is 1. The maximum atomic E-state index is 10.9. The van der Waals surface area contributed by atoms with Crippen LogP contribution >= 0.6 is 0 Å². The molecule has 2 aliphatic rings. The Morgan fingerprint density at radius 3 is 1.43 bits per heavy atom. The summed E-state index contributed by atoms with van der Waals surface area (Å²) in [5.74, 6) is 2.84. The van der Waals surface area contributed by atoms with Crippen LogP contribution in [0, 0.1) is 23.7 Å². The van der Waals surface area contributed by atoms with Crippen LogP contribution in [0.4, 0.5) is 0 Å². The SMILES string of the molecule is CO.C[C@@H]1CC(=O)C[C@H](C)C1.C[C@@H]1C[C@H](C)CC(O)(CO)C1.[Na+].[O-][I+3]([O-])([O-])[O-]. The van der Waals surface area contributed by atoms with Crippen molar-refractivity contribution < 1.29 is 83.5 Å². The molecule has 2 rings (SSSR count). The Morgan fingerprint density at radius 2 is 1.18 bits per heavy atom. The van der Waals surface area contributed by atoms with Crippen LogP contribution < -0.4 is 63.4 Å². The van der Waals surface area contributed by atoms with Gasteiger partial charge in [0.25, 0.3) is 0 Å². The second-order valence-electron chi connectivity index (χ2n) is 8.01. The van der Waals surface area contributed by atoms with E-state index in [0.29, 0.717) is 29.5 Å². The minimum absolute atomic E-state index is 0. The molecule has 0 bridgehead atoms. The van der Waals surface area contributed by atoms with E-state index in [1.54, 1.807) is 0 Å². The van der Waals surface area contributed by atoms with Crippen LogP contribution in [-0.4, -0.2) is 40.4 Å². The summed E-state index contributed by atoms with van der Waals surface area (Å²) in [6, 6.07) is 0. The molecule has 0 aromatic heterocycles. The summed E-state index contributed by atoms with van der Waals surface area (Å²) in [6.07, 6.45) is 5.59. The molecule has 0 aromatic rings. The Bertz CT molecular complexity index is 378.